The van der Waals surface area contributed by atoms with E-state index in [1.165, 1.54) is 18.4 Å². The molecule has 1 atom stereocenters. The summed E-state index contributed by atoms with van der Waals surface area (Å²) in [5.74, 6) is 0.657. The molecule has 1 heterocycles. The summed E-state index contributed by atoms with van der Waals surface area (Å²) in [6, 6.07) is 0. The molecule has 10 heavy (non-hydrogen) atoms. The van der Waals surface area contributed by atoms with E-state index in [1.54, 1.807) is 0 Å². The topological polar surface area (TPSA) is 9.23 Å². The van der Waals surface area contributed by atoms with Crippen LogP contribution in [0.4, 0.5) is 0 Å². The Hall–Kier alpha value is -0.460. The van der Waals surface area contributed by atoms with Crippen LogP contribution in [0, 0.1) is 5.92 Å². The van der Waals surface area contributed by atoms with E-state index in [4.69, 9.17) is 4.74 Å². The Morgan fingerprint density at radius 3 is 2.70 bits per heavy atom. The van der Waals surface area contributed by atoms with Gasteiger partial charge in [-0.2, -0.15) is 0 Å². The van der Waals surface area contributed by atoms with Crippen molar-refractivity contribution in [3.8, 4) is 0 Å². The zero-order valence-corrected chi connectivity index (χ0v) is 7.05. The van der Waals surface area contributed by atoms with Crippen molar-refractivity contribution in [2.24, 2.45) is 5.92 Å². The second-order valence-corrected chi connectivity index (χ2v) is 3.42. The van der Waals surface area contributed by atoms with Crippen LogP contribution in [-0.2, 0) is 4.74 Å². The Morgan fingerprint density at radius 2 is 2.30 bits per heavy atom. The lowest BCUT2D eigenvalue weighted by atomic mass is 9.98. The van der Waals surface area contributed by atoms with Crippen molar-refractivity contribution in [2.45, 2.75) is 39.7 Å². The number of hydrogen-bond donors (Lipinski definition) is 0. The van der Waals surface area contributed by atoms with Crippen molar-refractivity contribution >= 4 is 0 Å². The van der Waals surface area contributed by atoms with Crippen LogP contribution in [0.1, 0.15) is 33.6 Å². The summed E-state index contributed by atoms with van der Waals surface area (Å²) < 4.78 is 5.49. The molecule has 0 amide bonds. The maximum atomic E-state index is 5.49. The highest BCUT2D eigenvalue weighted by atomic mass is 16.5. The summed E-state index contributed by atoms with van der Waals surface area (Å²) >= 11 is 0. The molecule has 0 saturated heterocycles. The lowest BCUT2D eigenvalue weighted by Crippen LogP contribution is -2.20. The molecule has 1 heteroatoms. The predicted octanol–water partition coefficient (Wildman–Crippen LogP) is 2.73. The molecular weight excluding hydrogens is 124 g/mol. The van der Waals surface area contributed by atoms with Gasteiger partial charge in [0.05, 0.1) is 6.26 Å². The Labute approximate surface area is 63.1 Å². The highest BCUT2D eigenvalue weighted by molar-refractivity contribution is 4.97. The first-order valence-electron chi connectivity index (χ1n) is 4.01. The van der Waals surface area contributed by atoms with Crippen molar-refractivity contribution in [3.63, 3.8) is 0 Å². The second kappa shape index (κ2) is 3.09. The molecule has 1 nitrogen and oxygen atoms in total. The first-order valence-corrected chi connectivity index (χ1v) is 4.01. The van der Waals surface area contributed by atoms with E-state index in [9.17, 15) is 0 Å². The summed E-state index contributed by atoms with van der Waals surface area (Å²) in [5, 5.41) is 0. The first kappa shape index (κ1) is 7.64. The van der Waals surface area contributed by atoms with Crippen LogP contribution in [0.2, 0.25) is 0 Å². The van der Waals surface area contributed by atoms with Crippen LogP contribution in [0.15, 0.2) is 11.8 Å². The minimum absolute atomic E-state index is 0.462. The van der Waals surface area contributed by atoms with E-state index in [1.807, 2.05) is 6.26 Å². The quantitative estimate of drug-likeness (QED) is 0.544. The van der Waals surface area contributed by atoms with Crippen LogP contribution < -0.4 is 0 Å². The Bertz CT molecular complexity index is 136. The highest BCUT2D eigenvalue weighted by Crippen LogP contribution is 2.21. The van der Waals surface area contributed by atoms with Crippen molar-refractivity contribution in [3.05, 3.63) is 11.8 Å². The van der Waals surface area contributed by atoms with Gasteiger partial charge >= 0.3 is 0 Å². The smallest absolute Gasteiger partial charge is 0.100 e. The first-order chi connectivity index (χ1) is 4.70. The highest BCUT2D eigenvalue weighted by Gasteiger charge is 2.16. The fourth-order valence-electron chi connectivity index (χ4n) is 1.19. The van der Waals surface area contributed by atoms with E-state index in [0.717, 1.165) is 0 Å². The van der Waals surface area contributed by atoms with Gasteiger partial charge in [0.15, 0.2) is 0 Å². The van der Waals surface area contributed by atoms with Gasteiger partial charge in [-0.15, -0.1) is 0 Å². The van der Waals surface area contributed by atoms with Crippen LogP contribution in [0.5, 0.6) is 0 Å². The van der Waals surface area contributed by atoms with Gasteiger partial charge in [-0.3, -0.25) is 0 Å². The SMILES string of the molecule is CC1=COC(C(C)C)CC1. The third-order valence-electron chi connectivity index (χ3n) is 2.01. The maximum Gasteiger partial charge on any atom is 0.100 e. The van der Waals surface area contributed by atoms with Crippen LogP contribution in [0.25, 0.3) is 0 Å². The monoisotopic (exact) mass is 140 g/mol. The molecule has 0 saturated carbocycles. The average molecular weight is 140 g/mol. The third kappa shape index (κ3) is 1.76. The Balaban J connectivity index is 2.42. The summed E-state index contributed by atoms with van der Waals surface area (Å²) in [6.45, 7) is 6.54. The molecule has 0 radical (unpaired) electrons. The van der Waals surface area contributed by atoms with Gasteiger partial charge in [-0.05, 0) is 31.3 Å². The van der Waals surface area contributed by atoms with E-state index in [-0.39, 0.29) is 0 Å². The molecular formula is C9H16O. The van der Waals surface area contributed by atoms with Crippen molar-refractivity contribution in [2.75, 3.05) is 0 Å². The van der Waals surface area contributed by atoms with E-state index < -0.39 is 0 Å². The molecule has 0 N–H and O–H groups in total. The molecule has 0 aromatic heterocycles. The number of hydrogen-bond acceptors (Lipinski definition) is 1. The lowest BCUT2D eigenvalue weighted by molar-refractivity contribution is 0.0792. The molecule has 0 aromatic carbocycles. The van der Waals surface area contributed by atoms with Gasteiger partial charge in [-0.1, -0.05) is 13.8 Å². The third-order valence-corrected chi connectivity index (χ3v) is 2.01. The molecule has 0 bridgehead atoms. The lowest BCUT2D eigenvalue weighted by Gasteiger charge is -2.24. The summed E-state index contributed by atoms with van der Waals surface area (Å²) in [4.78, 5) is 0. The summed E-state index contributed by atoms with van der Waals surface area (Å²) in [7, 11) is 0. The predicted molar refractivity (Wildman–Crippen MR) is 42.7 cm³/mol. The second-order valence-electron chi connectivity index (χ2n) is 3.42. The Morgan fingerprint density at radius 1 is 1.60 bits per heavy atom. The zero-order chi connectivity index (χ0) is 7.56. The van der Waals surface area contributed by atoms with E-state index >= 15 is 0 Å². The Kier molecular flexibility index (Phi) is 2.36. The molecule has 1 rings (SSSR count). The van der Waals surface area contributed by atoms with Gasteiger partial charge in [0.1, 0.15) is 6.10 Å². The van der Waals surface area contributed by atoms with Crippen molar-refractivity contribution in [1.29, 1.82) is 0 Å². The van der Waals surface area contributed by atoms with Crippen LogP contribution in [-0.4, -0.2) is 6.10 Å². The number of allylic oxidation sites excluding steroid dienone is 1. The largest absolute Gasteiger partial charge is 0.498 e. The van der Waals surface area contributed by atoms with Gasteiger partial charge in [-0.25, -0.2) is 0 Å². The molecule has 1 aliphatic rings. The normalized spacial score (nSPS) is 26.0. The molecule has 0 spiro atoms. The fourth-order valence-corrected chi connectivity index (χ4v) is 1.19. The molecule has 0 fully saturated rings. The van der Waals surface area contributed by atoms with Crippen molar-refractivity contribution in [1.82, 2.24) is 0 Å². The standard InChI is InChI=1S/C9H16O/c1-7(2)9-5-4-8(3)6-10-9/h6-7,9H,4-5H2,1-3H3. The maximum absolute atomic E-state index is 5.49. The molecule has 58 valence electrons. The molecule has 0 aromatic rings. The molecule has 0 aliphatic carbocycles. The minimum atomic E-state index is 0.462. The fraction of sp³-hybridized carbons (Fsp3) is 0.778. The van der Waals surface area contributed by atoms with Gasteiger partial charge in [0.2, 0.25) is 0 Å². The van der Waals surface area contributed by atoms with Crippen LogP contribution >= 0.6 is 0 Å². The number of rotatable bonds is 1. The average Bonchev–Trinajstić information content (AvgIpc) is 1.88. The minimum Gasteiger partial charge on any atom is -0.498 e. The molecule has 1 unspecified atom stereocenters. The van der Waals surface area contributed by atoms with Crippen molar-refractivity contribution < 1.29 is 4.74 Å². The van der Waals surface area contributed by atoms with Crippen LogP contribution in [0.3, 0.4) is 0 Å². The summed E-state index contributed by atoms with van der Waals surface area (Å²) in [5.41, 5.74) is 1.37. The summed E-state index contributed by atoms with van der Waals surface area (Å²) in [6.07, 6.45) is 4.78. The van der Waals surface area contributed by atoms with Gasteiger partial charge in [0.25, 0.3) is 0 Å². The van der Waals surface area contributed by atoms with E-state index in [0.29, 0.717) is 12.0 Å². The van der Waals surface area contributed by atoms with Gasteiger partial charge in [0, 0.05) is 0 Å². The zero-order valence-electron chi connectivity index (χ0n) is 7.05. The molecule has 1 aliphatic heterocycles. The van der Waals surface area contributed by atoms with E-state index in [2.05, 4.69) is 20.8 Å². The van der Waals surface area contributed by atoms with Gasteiger partial charge < -0.3 is 4.74 Å². The number of ether oxygens (including phenoxy) is 1.